The third kappa shape index (κ3) is 6.49. The molecule has 10 heteroatoms. The second-order valence-electron chi connectivity index (χ2n) is 9.62. The SMILES string of the molecule is CC(=O)NC1=CC(C)C(n2ccnc2C(Cc2ccccc2)NC(=O)NS(=O)(=O)c2ccccc2C)CC1. The minimum Gasteiger partial charge on any atom is -0.330 e. The molecule has 0 saturated carbocycles. The van der Waals surface area contributed by atoms with E-state index in [4.69, 9.17) is 0 Å². The summed E-state index contributed by atoms with van der Waals surface area (Å²) in [5, 5.41) is 5.75. The van der Waals surface area contributed by atoms with Crippen LogP contribution in [0.15, 0.2) is 83.7 Å². The fourth-order valence-corrected chi connectivity index (χ4v) is 6.12. The highest BCUT2D eigenvalue weighted by Crippen LogP contribution is 2.34. The molecule has 2 aromatic carbocycles. The molecule has 4 rings (SSSR count). The molecule has 0 radical (unpaired) electrons. The smallest absolute Gasteiger partial charge is 0.329 e. The minimum atomic E-state index is -4.06. The number of nitrogens with one attached hydrogen (secondary N) is 3. The number of imidazole rings is 1. The molecule has 1 heterocycles. The first-order valence-electron chi connectivity index (χ1n) is 12.6. The van der Waals surface area contributed by atoms with Gasteiger partial charge in [-0.1, -0.05) is 61.5 Å². The lowest BCUT2D eigenvalue weighted by Gasteiger charge is -2.32. The molecule has 0 spiro atoms. The monoisotopic (exact) mass is 535 g/mol. The van der Waals surface area contributed by atoms with Crippen molar-refractivity contribution >= 4 is 22.0 Å². The second-order valence-corrected chi connectivity index (χ2v) is 11.3. The van der Waals surface area contributed by atoms with Crippen molar-refractivity contribution in [2.75, 3.05) is 0 Å². The second kappa shape index (κ2) is 11.6. The highest BCUT2D eigenvalue weighted by atomic mass is 32.2. The fourth-order valence-electron chi connectivity index (χ4n) is 4.95. The van der Waals surface area contributed by atoms with E-state index in [0.717, 1.165) is 17.7 Å². The van der Waals surface area contributed by atoms with Crippen LogP contribution >= 0.6 is 0 Å². The van der Waals surface area contributed by atoms with Gasteiger partial charge in [0.05, 0.1) is 10.9 Å². The van der Waals surface area contributed by atoms with Crippen molar-refractivity contribution < 1.29 is 18.0 Å². The van der Waals surface area contributed by atoms with Crippen molar-refractivity contribution in [1.82, 2.24) is 24.9 Å². The predicted octanol–water partition coefficient (Wildman–Crippen LogP) is 4.15. The van der Waals surface area contributed by atoms with Crippen molar-refractivity contribution in [3.63, 3.8) is 0 Å². The first-order chi connectivity index (χ1) is 18.1. The van der Waals surface area contributed by atoms with Gasteiger partial charge in [-0.2, -0.15) is 0 Å². The summed E-state index contributed by atoms with van der Waals surface area (Å²) in [5.74, 6) is 0.640. The number of sulfonamides is 1. The van der Waals surface area contributed by atoms with Crippen molar-refractivity contribution in [3.05, 3.63) is 95.7 Å². The Balaban J connectivity index is 1.60. The zero-order valence-corrected chi connectivity index (χ0v) is 22.5. The standard InChI is InChI=1S/C28H33N5O4S/c1-19-9-7-8-12-26(19)38(36,37)32-28(35)31-24(18-22-10-5-4-6-11-22)27-29-15-16-33(27)25-14-13-23(17-20(25)2)30-21(3)34/h4-12,15-17,20,24-25H,13-14,18H2,1-3H3,(H,30,34)(H2,31,32,35). The number of urea groups is 1. The number of carbonyl (C=O) groups excluding carboxylic acids is 2. The van der Waals surface area contributed by atoms with Gasteiger partial charge in [0.1, 0.15) is 5.82 Å². The Morgan fingerprint density at radius 1 is 1.11 bits per heavy atom. The fraction of sp³-hybridized carbons (Fsp3) is 0.321. The van der Waals surface area contributed by atoms with E-state index in [2.05, 4.69) is 37.9 Å². The summed E-state index contributed by atoms with van der Waals surface area (Å²) in [7, 11) is -4.06. The van der Waals surface area contributed by atoms with Crippen LogP contribution in [0, 0.1) is 12.8 Å². The number of hydrogen-bond donors (Lipinski definition) is 3. The molecule has 9 nitrogen and oxygen atoms in total. The molecule has 1 aromatic heterocycles. The first-order valence-corrected chi connectivity index (χ1v) is 14.1. The number of aryl methyl sites for hydroxylation is 1. The molecule has 1 aliphatic rings. The van der Waals surface area contributed by atoms with E-state index in [9.17, 15) is 18.0 Å². The Morgan fingerprint density at radius 3 is 2.50 bits per heavy atom. The third-order valence-corrected chi connectivity index (χ3v) is 8.17. The maximum Gasteiger partial charge on any atom is 0.329 e. The molecular weight excluding hydrogens is 502 g/mol. The van der Waals surface area contributed by atoms with Gasteiger partial charge in [0, 0.05) is 31.1 Å². The predicted molar refractivity (Wildman–Crippen MR) is 144 cm³/mol. The van der Waals surface area contributed by atoms with Gasteiger partial charge in [0.15, 0.2) is 0 Å². The van der Waals surface area contributed by atoms with Crippen molar-refractivity contribution in [2.45, 2.75) is 57.0 Å². The van der Waals surface area contributed by atoms with Gasteiger partial charge in [-0.15, -0.1) is 0 Å². The summed E-state index contributed by atoms with van der Waals surface area (Å²) < 4.78 is 30.1. The highest BCUT2D eigenvalue weighted by molar-refractivity contribution is 7.90. The number of rotatable bonds is 8. The van der Waals surface area contributed by atoms with Crippen LogP contribution in [0.3, 0.4) is 0 Å². The van der Waals surface area contributed by atoms with E-state index >= 15 is 0 Å². The Labute approximate surface area is 223 Å². The molecule has 0 saturated heterocycles. The number of carbonyl (C=O) groups is 2. The van der Waals surface area contributed by atoms with Gasteiger partial charge < -0.3 is 15.2 Å². The summed E-state index contributed by atoms with van der Waals surface area (Å²) in [4.78, 5) is 29.2. The summed E-state index contributed by atoms with van der Waals surface area (Å²) in [6, 6.07) is 14.8. The number of aromatic nitrogens is 2. The van der Waals surface area contributed by atoms with Crippen LogP contribution < -0.4 is 15.4 Å². The third-order valence-electron chi connectivity index (χ3n) is 6.68. The molecule has 3 N–H and O–H groups in total. The van der Waals surface area contributed by atoms with Crippen LogP contribution in [0.25, 0.3) is 0 Å². The van der Waals surface area contributed by atoms with Gasteiger partial charge >= 0.3 is 6.03 Å². The molecule has 1 aliphatic carbocycles. The molecule has 3 unspecified atom stereocenters. The largest absolute Gasteiger partial charge is 0.330 e. The van der Waals surface area contributed by atoms with Gasteiger partial charge in [-0.25, -0.2) is 22.9 Å². The molecular formula is C28H33N5O4S. The van der Waals surface area contributed by atoms with Crippen LogP contribution in [0.1, 0.15) is 55.7 Å². The zero-order valence-electron chi connectivity index (χ0n) is 21.7. The van der Waals surface area contributed by atoms with E-state index in [1.165, 1.54) is 13.0 Å². The summed E-state index contributed by atoms with van der Waals surface area (Å²) in [6.07, 6.45) is 7.54. The van der Waals surface area contributed by atoms with E-state index < -0.39 is 22.1 Å². The molecule has 3 atom stereocenters. The van der Waals surface area contributed by atoms with Crippen LogP contribution in [0.5, 0.6) is 0 Å². The number of benzene rings is 2. The maximum atomic E-state index is 13.0. The summed E-state index contributed by atoms with van der Waals surface area (Å²) in [6.45, 7) is 5.25. The average Bonchev–Trinajstić information content (AvgIpc) is 3.33. The Bertz CT molecular complexity index is 1430. The summed E-state index contributed by atoms with van der Waals surface area (Å²) >= 11 is 0. The Hall–Kier alpha value is -3.92. The van der Waals surface area contributed by atoms with Crippen LogP contribution in [0.4, 0.5) is 4.79 Å². The zero-order chi connectivity index (χ0) is 27.3. The lowest BCUT2D eigenvalue weighted by Crippen LogP contribution is -2.43. The van der Waals surface area contributed by atoms with Crippen LogP contribution in [0.2, 0.25) is 0 Å². The van der Waals surface area contributed by atoms with Gasteiger partial charge in [0.2, 0.25) is 5.91 Å². The molecule has 0 bridgehead atoms. The lowest BCUT2D eigenvalue weighted by atomic mass is 9.89. The van der Waals surface area contributed by atoms with E-state index in [-0.39, 0.29) is 22.8 Å². The Morgan fingerprint density at radius 2 is 1.82 bits per heavy atom. The number of nitrogens with zero attached hydrogens (tertiary/aromatic N) is 2. The molecule has 0 fully saturated rings. The van der Waals surface area contributed by atoms with E-state index in [1.807, 2.05) is 36.5 Å². The average molecular weight is 536 g/mol. The number of amides is 3. The molecule has 3 aromatic rings. The van der Waals surface area contributed by atoms with Crippen LogP contribution in [-0.2, 0) is 21.2 Å². The maximum absolute atomic E-state index is 13.0. The highest BCUT2D eigenvalue weighted by Gasteiger charge is 2.29. The molecule has 38 heavy (non-hydrogen) atoms. The van der Waals surface area contributed by atoms with Gasteiger partial charge in [0.25, 0.3) is 10.0 Å². The van der Waals surface area contributed by atoms with E-state index in [1.54, 1.807) is 31.3 Å². The lowest BCUT2D eigenvalue weighted by molar-refractivity contribution is -0.118. The van der Waals surface area contributed by atoms with Crippen molar-refractivity contribution in [1.29, 1.82) is 0 Å². The quantitative estimate of drug-likeness (QED) is 0.400. The van der Waals surface area contributed by atoms with Crippen molar-refractivity contribution in [2.24, 2.45) is 5.92 Å². The van der Waals surface area contributed by atoms with Gasteiger partial charge in [-0.05, 0) is 49.3 Å². The van der Waals surface area contributed by atoms with Gasteiger partial charge in [-0.3, -0.25) is 4.79 Å². The minimum absolute atomic E-state index is 0.0500. The first kappa shape index (κ1) is 27.1. The van der Waals surface area contributed by atoms with Crippen LogP contribution in [-0.4, -0.2) is 29.9 Å². The topological polar surface area (TPSA) is 122 Å². The molecule has 3 amide bonds. The molecule has 0 aliphatic heterocycles. The number of hydrogen-bond acceptors (Lipinski definition) is 5. The van der Waals surface area contributed by atoms with E-state index in [0.29, 0.717) is 24.2 Å². The Kier molecular flexibility index (Phi) is 8.31. The normalized spacial score (nSPS) is 18.2. The summed E-state index contributed by atoms with van der Waals surface area (Å²) in [5.41, 5.74) is 2.42. The number of allylic oxidation sites excluding steroid dienone is 2. The molecule has 200 valence electrons. The van der Waals surface area contributed by atoms with Crippen molar-refractivity contribution in [3.8, 4) is 0 Å².